The molecule has 0 fully saturated rings. The van der Waals surface area contributed by atoms with Crippen LogP contribution in [0.25, 0.3) is 0 Å². The first-order valence-corrected chi connectivity index (χ1v) is 14.2. The molecule has 0 amide bonds. The fourth-order valence-electron chi connectivity index (χ4n) is 4.68. The van der Waals surface area contributed by atoms with Crippen LogP contribution in [0.1, 0.15) is 40.9 Å². The number of carbonyl (C=O) groups excluding carboxylic acids is 1. The van der Waals surface area contributed by atoms with Gasteiger partial charge in [0.25, 0.3) is 0 Å². The molecule has 1 aliphatic rings. The Bertz CT molecular complexity index is 1430. The summed E-state index contributed by atoms with van der Waals surface area (Å²) in [5.74, 6) is 0.242. The van der Waals surface area contributed by atoms with Gasteiger partial charge in [-0.15, -0.1) is 0 Å². The summed E-state index contributed by atoms with van der Waals surface area (Å²) in [5.41, 5.74) is 3.20. The van der Waals surface area contributed by atoms with Gasteiger partial charge >= 0.3 is 5.97 Å². The third-order valence-corrected chi connectivity index (χ3v) is 9.75. The Balaban J connectivity index is 1.52. The zero-order chi connectivity index (χ0) is 26.7. The first-order chi connectivity index (χ1) is 18.3. The molecular weight excluding hydrogens is 489 g/mol. The van der Waals surface area contributed by atoms with Crippen LogP contribution in [0.2, 0.25) is 0 Å². The molecule has 0 saturated heterocycles. The van der Waals surface area contributed by atoms with Crippen LogP contribution in [0, 0.1) is 13.8 Å². The van der Waals surface area contributed by atoms with E-state index in [2.05, 4.69) is 80.6 Å². The van der Waals surface area contributed by atoms with Crippen LogP contribution in [0.5, 0.6) is 0 Å². The smallest absolute Gasteiger partial charge is 0.338 e. The quantitative estimate of drug-likeness (QED) is 0.227. The summed E-state index contributed by atoms with van der Waals surface area (Å²) in [6.45, 7) is 8.50. The second-order valence-electron chi connectivity index (χ2n) is 10.0. The molecule has 4 aromatic rings. The molecule has 0 saturated carbocycles. The maximum atomic E-state index is 12.8. The van der Waals surface area contributed by atoms with Gasteiger partial charge in [-0.2, -0.15) is 0 Å². The molecule has 0 bridgehead atoms. The lowest BCUT2D eigenvalue weighted by atomic mass is 10.00. The summed E-state index contributed by atoms with van der Waals surface area (Å²) in [4.78, 5) is 17.8. The summed E-state index contributed by atoms with van der Waals surface area (Å²) in [6.07, 6.45) is 0. The molecule has 5 heteroatoms. The number of ether oxygens (including phenoxy) is 2. The molecule has 38 heavy (non-hydrogen) atoms. The van der Waals surface area contributed by atoms with E-state index in [4.69, 9.17) is 14.5 Å². The number of aliphatic imine (C=N–C) groups is 1. The number of rotatable bonds is 7. The highest BCUT2D eigenvalue weighted by molar-refractivity contribution is 7.80. The molecule has 1 atom stereocenters. The summed E-state index contributed by atoms with van der Waals surface area (Å²) >= 11 is 0. The number of benzene rings is 4. The lowest BCUT2D eigenvalue weighted by molar-refractivity contribution is -0.0150. The summed E-state index contributed by atoms with van der Waals surface area (Å²) in [6, 6.07) is 34.4. The van der Waals surface area contributed by atoms with Crippen molar-refractivity contribution in [1.82, 2.24) is 0 Å². The molecule has 0 radical (unpaired) electrons. The van der Waals surface area contributed by atoms with E-state index in [0.717, 1.165) is 5.56 Å². The molecule has 1 aliphatic heterocycles. The van der Waals surface area contributed by atoms with Gasteiger partial charge in [0.15, 0.2) is 0 Å². The topological polar surface area (TPSA) is 47.9 Å². The fraction of sp³-hybridized carbons (Fsp3) is 0.212. The second kappa shape index (κ2) is 10.9. The van der Waals surface area contributed by atoms with Crippen molar-refractivity contribution >= 4 is 35.7 Å². The van der Waals surface area contributed by atoms with Crippen molar-refractivity contribution in [3.8, 4) is 0 Å². The minimum absolute atomic E-state index is 0.318. The van der Waals surface area contributed by atoms with Crippen LogP contribution in [-0.4, -0.2) is 30.1 Å². The third kappa shape index (κ3) is 5.28. The van der Waals surface area contributed by atoms with E-state index in [-0.39, 0.29) is 12.0 Å². The number of carbonyl (C=O) groups is 1. The Morgan fingerprint density at radius 2 is 1.32 bits per heavy atom. The monoisotopic (exact) mass is 521 g/mol. The van der Waals surface area contributed by atoms with Crippen LogP contribution in [0.15, 0.2) is 108 Å². The third-order valence-electron chi connectivity index (χ3n) is 6.91. The lowest BCUT2D eigenvalue weighted by Gasteiger charge is -2.28. The molecule has 0 N–H and O–H groups in total. The average molecular weight is 522 g/mol. The zero-order valence-electron chi connectivity index (χ0n) is 22.2. The van der Waals surface area contributed by atoms with E-state index < -0.39 is 13.5 Å². The Morgan fingerprint density at radius 3 is 1.92 bits per heavy atom. The predicted molar refractivity (Wildman–Crippen MR) is 157 cm³/mol. The van der Waals surface area contributed by atoms with Gasteiger partial charge in [-0.3, -0.25) is 0 Å². The van der Waals surface area contributed by atoms with Crippen molar-refractivity contribution in [3.05, 3.63) is 125 Å². The molecule has 192 valence electrons. The van der Waals surface area contributed by atoms with Crippen LogP contribution in [-0.2, 0) is 9.47 Å². The summed E-state index contributed by atoms with van der Waals surface area (Å²) in [5, 5.41) is 3.83. The maximum absolute atomic E-state index is 12.8. The van der Waals surface area contributed by atoms with Crippen molar-refractivity contribution in [3.63, 3.8) is 0 Å². The van der Waals surface area contributed by atoms with Crippen molar-refractivity contribution in [1.29, 1.82) is 0 Å². The van der Waals surface area contributed by atoms with Gasteiger partial charge in [-0.05, 0) is 80.9 Å². The van der Waals surface area contributed by atoms with Crippen LogP contribution in [0.3, 0.4) is 0 Å². The SMILES string of the molecule is Cc1ccccc1P(c1ccccc1C)c1ccccc1C1=N[C@@H](C(C)(C)OC(=O)c2ccccc2)CO1. The number of hydrogen-bond acceptors (Lipinski definition) is 4. The first-order valence-electron chi connectivity index (χ1n) is 12.8. The largest absolute Gasteiger partial charge is 0.475 e. The van der Waals surface area contributed by atoms with E-state index in [9.17, 15) is 4.79 Å². The fourth-order valence-corrected chi connectivity index (χ4v) is 7.43. The Morgan fingerprint density at radius 1 is 0.789 bits per heavy atom. The van der Waals surface area contributed by atoms with Crippen molar-refractivity contribution < 1.29 is 14.3 Å². The minimum atomic E-state index is -0.857. The van der Waals surface area contributed by atoms with Crippen molar-refractivity contribution in [2.45, 2.75) is 39.3 Å². The lowest BCUT2D eigenvalue weighted by Crippen LogP contribution is -2.40. The van der Waals surface area contributed by atoms with Gasteiger partial charge in [0, 0.05) is 5.56 Å². The number of aryl methyl sites for hydroxylation is 2. The first kappa shape index (κ1) is 25.9. The van der Waals surface area contributed by atoms with Crippen LogP contribution in [0.4, 0.5) is 0 Å². The minimum Gasteiger partial charge on any atom is -0.475 e. The molecule has 4 nitrogen and oxygen atoms in total. The Hall–Kier alpha value is -3.75. The highest BCUT2D eigenvalue weighted by Gasteiger charge is 2.39. The molecule has 0 aromatic heterocycles. The second-order valence-corrected chi connectivity index (χ2v) is 12.2. The number of hydrogen-bond donors (Lipinski definition) is 0. The van der Waals surface area contributed by atoms with Crippen molar-refractivity contribution in [2.75, 3.05) is 6.61 Å². The van der Waals surface area contributed by atoms with Gasteiger partial charge in [-0.25, -0.2) is 9.79 Å². The van der Waals surface area contributed by atoms with Gasteiger partial charge in [0.05, 0.1) is 5.56 Å². The molecule has 0 aliphatic carbocycles. The Labute approximate surface area is 226 Å². The maximum Gasteiger partial charge on any atom is 0.338 e. The van der Waals surface area contributed by atoms with E-state index in [1.807, 2.05) is 38.1 Å². The highest BCUT2D eigenvalue weighted by Crippen LogP contribution is 2.37. The number of nitrogens with zero attached hydrogens (tertiary/aromatic N) is 1. The molecular formula is C33H32NO3P. The van der Waals surface area contributed by atoms with E-state index in [0.29, 0.717) is 18.1 Å². The molecule has 0 spiro atoms. The molecule has 0 unspecified atom stereocenters. The highest BCUT2D eigenvalue weighted by atomic mass is 31.1. The molecule has 4 aromatic carbocycles. The molecule has 1 heterocycles. The normalized spacial score (nSPS) is 15.2. The molecule has 5 rings (SSSR count). The van der Waals surface area contributed by atoms with Crippen LogP contribution < -0.4 is 15.9 Å². The van der Waals surface area contributed by atoms with Gasteiger partial charge < -0.3 is 9.47 Å². The van der Waals surface area contributed by atoms with Gasteiger partial charge in [0.1, 0.15) is 18.2 Å². The standard InChI is InChI=1S/C33H32NO3P/c1-23-14-8-11-19-27(23)38(28-20-12-9-15-24(28)2)29-21-13-10-18-26(29)31-34-30(22-36-31)33(3,4)37-32(35)25-16-6-5-7-17-25/h5-21,30H,22H2,1-4H3/t30-/m1/s1. The average Bonchev–Trinajstić information content (AvgIpc) is 3.43. The van der Waals surface area contributed by atoms with E-state index in [1.54, 1.807) is 12.1 Å². The van der Waals surface area contributed by atoms with E-state index >= 15 is 0 Å². The predicted octanol–water partition coefficient (Wildman–Crippen LogP) is 5.84. The van der Waals surface area contributed by atoms with E-state index in [1.165, 1.54) is 27.0 Å². The van der Waals surface area contributed by atoms with Gasteiger partial charge in [-0.1, -0.05) is 84.9 Å². The van der Waals surface area contributed by atoms with Crippen molar-refractivity contribution in [2.24, 2.45) is 4.99 Å². The summed E-state index contributed by atoms with van der Waals surface area (Å²) < 4.78 is 12.1. The van der Waals surface area contributed by atoms with Gasteiger partial charge in [0.2, 0.25) is 5.90 Å². The summed E-state index contributed by atoms with van der Waals surface area (Å²) in [7, 11) is -0.857. The Kier molecular flexibility index (Phi) is 7.44. The number of esters is 1. The zero-order valence-corrected chi connectivity index (χ0v) is 23.1. The van der Waals surface area contributed by atoms with Crippen LogP contribution >= 0.6 is 7.92 Å².